The monoisotopic (exact) mass is 191 g/mol. The van der Waals surface area contributed by atoms with Gasteiger partial charge in [-0.25, -0.2) is 25.9 Å². The third-order valence-corrected chi connectivity index (χ3v) is 1.16. The number of amides is 3. The molecule has 0 atom stereocenters. The van der Waals surface area contributed by atoms with E-state index in [1.807, 2.05) is 0 Å². The van der Waals surface area contributed by atoms with Gasteiger partial charge in [0, 0.05) is 13.1 Å². The minimum Gasteiger partial charge on any atom is -0.464 e. The minimum atomic E-state index is -1.19. The summed E-state index contributed by atoms with van der Waals surface area (Å²) in [5.41, 5.74) is 9.35. The average molecular weight is 191 g/mol. The highest BCUT2D eigenvalue weighted by Gasteiger charge is 2.03. The number of hydrogen-bond acceptors (Lipinski definition) is 4. The zero-order valence-corrected chi connectivity index (χ0v) is 6.99. The largest absolute Gasteiger partial charge is 0.464 e. The number of nitrogens with one attached hydrogen (secondary N) is 2. The lowest BCUT2D eigenvalue weighted by Gasteiger charge is -2.11. The highest BCUT2D eigenvalue weighted by molar-refractivity contribution is 5.70. The smallest absolute Gasteiger partial charge is 0.421 e. The molecule has 0 rings (SSSR count). The van der Waals surface area contributed by atoms with Crippen molar-refractivity contribution in [1.82, 2.24) is 15.9 Å². The minimum absolute atomic E-state index is 0.183. The first kappa shape index (κ1) is 11.5. The van der Waals surface area contributed by atoms with Gasteiger partial charge < -0.3 is 10.8 Å². The second-order valence-corrected chi connectivity index (χ2v) is 2.25. The van der Waals surface area contributed by atoms with Crippen molar-refractivity contribution in [3.63, 3.8) is 0 Å². The number of carbonyl (C=O) groups excluding carboxylic acids is 1. The van der Waals surface area contributed by atoms with E-state index in [1.165, 1.54) is 0 Å². The van der Waals surface area contributed by atoms with Crippen molar-refractivity contribution in [2.24, 2.45) is 11.6 Å². The molecule has 0 aromatic rings. The molecule has 0 aliphatic heterocycles. The highest BCUT2D eigenvalue weighted by atomic mass is 16.4. The number of rotatable bonds is 5. The molecule has 0 radical (unpaired) electrons. The van der Waals surface area contributed by atoms with Crippen LogP contribution in [-0.2, 0) is 0 Å². The van der Waals surface area contributed by atoms with Crippen LogP contribution < -0.4 is 22.4 Å². The van der Waals surface area contributed by atoms with E-state index in [0.717, 1.165) is 0 Å². The molecule has 0 saturated heterocycles. The number of hydrogen-bond donors (Lipinski definition) is 5. The van der Waals surface area contributed by atoms with Crippen LogP contribution >= 0.6 is 0 Å². The molecule has 0 aromatic carbocycles. The van der Waals surface area contributed by atoms with Gasteiger partial charge in [-0.05, 0) is 6.42 Å². The van der Waals surface area contributed by atoms with Crippen molar-refractivity contribution in [2.75, 3.05) is 13.1 Å². The number of carboxylic acid groups (broad SMARTS) is 1. The number of carbonyl (C=O) groups is 2. The maximum atomic E-state index is 10.2. The van der Waals surface area contributed by atoms with E-state index < -0.39 is 12.1 Å². The van der Waals surface area contributed by atoms with Crippen molar-refractivity contribution in [2.45, 2.75) is 6.42 Å². The fraction of sp³-hybridized carbons (Fsp3) is 0.600. The summed E-state index contributed by atoms with van der Waals surface area (Å²) >= 11 is 0. The molecule has 0 bridgehead atoms. The standard InChI is InChI=1S/C5H13N5O3/c6-4(11)9-8-2-1-3-10(7)5(12)13/h8H,1-3,7H2,(H,12,13)(H3,6,9,11). The molecular formula is C5H13N5O3. The third kappa shape index (κ3) is 6.84. The van der Waals surface area contributed by atoms with E-state index in [-0.39, 0.29) is 6.54 Å². The Bertz CT molecular complexity index is 185. The van der Waals surface area contributed by atoms with Gasteiger partial charge in [-0.2, -0.15) is 0 Å². The number of primary amides is 1. The van der Waals surface area contributed by atoms with Crippen LogP contribution in [0.5, 0.6) is 0 Å². The summed E-state index contributed by atoms with van der Waals surface area (Å²) in [6.45, 7) is 0.576. The normalized spacial score (nSPS) is 9.31. The molecule has 13 heavy (non-hydrogen) atoms. The molecule has 0 saturated carbocycles. The van der Waals surface area contributed by atoms with Crippen LogP contribution in [0.15, 0.2) is 0 Å². The molecule has 0 unspecified atom stereocenters. The molecule has 8 nitrogen and oxygen atoms in total. The number of hydrazine groups is 2. The first-order chi connectivity index (χ1) is 6.04. The lowest BCUT2D eigenvalue weighted by molar-refractivity contribution is 0.145. The van der Waals surface area contributed by atoms with Gasteiger partial charge in [0.2, 0.25) is 0 Å². The first-order valence-electron chi connectivity index (χ1n) is 3.57. The summed E-state index contributed by atoms with van der Waals surface area (Å²) in [5.74, 6) is 5.05. The van der Waals surface area contributed by atoms with E-state index in [2.05, 4.69) is 10.9 Å². The van der Waals surface area contributed by atoms with Gasteiger partial charge in [-0.3, -0.25) is 5.43 Å². The Morgan fingerprint density at radius 3 is 2.54 bits per heavy atom. The number of nitrogens with two attached hydrogens (primary N) is 2. The Balaban J connectivity index is 3.26. The molecule has 0 aliphatic rings. The Hall–Kier alpha value is -1.54. The van der Waals surface area contributed by atoms with E-state index >= 15 is 0 Å². The maximum Gasteiger partial charge on any atom is 0.421 e. The SMILES string of the molecule is NC(=O)NNCCCN(N)C(=O)O. The van der Waals surface area contributed by atoms with E-state index in [0.29, 0.717) is 18.0 Å². The fourth-order valence-corrected chi connectivity index (χ4v) is 0.583. The molecule has 3 amide bonds. The lowest BCUT2D eigenvalue weighted by atomic mass is 10.4. The predicted octanol–water partition coefficient (Wildman–Crippen LogP) is -1.60. The molecular weight excluding hydrogens is 178 g/mol. The lowest BCUT2D eigenvalue weighted by Crippen LogP contribution is -2.43. The third-order valence-electron chi connectivity index (χ3n) is 1.16. The van der Waals surface area contributed by atoms with E-state index in [1.54, 1.807) is 0 Å². The van der Waals surface area contributed by atoms with E-state index in [4.69, 9.17) is 16.7 Å². The number of nitrogens with zero attached hydrogens (tertiary/aromatic N) is 1. The van der Waals surface area contributed by atoms with Gasteiger partial charge in [0.25, 0.3) is 0 Å². The van der Waals surface area contributed by atoms with Gasteiger partial charge in [-0.1, -0.05) is 0 Å². The van der Waals surface area contributed by atoms with E-state index in [9.17, 15) is 9.59 Å². The van der Waals surface area contributed by atoms with Crippen molar-refractivity contribution in [1.29, 1.82) is 0 Å². The molecule has 76 valence electrons. The molecule has 0 aliphatic carbocycles. The maximum absolute atomic E-state index is 10.2. The second kappa shape index (κ2) is 6.03. The summed E-state index contributed by atoms with van der Waals surface area (Å²) < 4.78 is 0. The van der Waals surface area contributed by atoms with Crippen LogP contribution in [-0.4, -0.2) is 35.3 Å². The van der Waals surface area contributed by atoms with Crippen molar-refractivity contribution in [3.8, 4) is 0 Å². The number of urea groups is 1. The summed E-state index contributed by atoms with van der Waals surface area (Å²) in [6.07, 6.45) is -0.717. The summed E-state index contributed by atoms with van der Waals surface area (Å²) in [5, 5.41) is 8.98. The summed E-state index contributed by atoms with van der Waals surface area (Å²) in [7, 11) is 0. The molecule has 8 heteroatoms. The second-order valence-electron chi connectivity index (χ2n) is 2.25. The van der Waals surface area contributed by atoms with Crippen LogP contribution in [0.1, 0.15) is 6.42 Å². The van der Waals surface area contributed by atoms with Crippen LogP contribution in [0.2, 0.25) is 0 Å². The van der Waals surface area contributed by atoms with Crippen molar-refractivity contribution in [3.05, 3.63) is 0 Å². The van der Waals surface area contributed by atoms with Crippen molar-refractivity contribution >= 4 is 12.1 Å². The van der Waals surface area contributed by atoms with Crippen LogP contribution in [0.4, 0.5) is 9.59 Å². The summed E-state index contributed by atoms with van der Waals surface area (Å²) in [6, 6.07) is -0.692. The zero-order chi connectivity index (χ0) is 10.3. The molecule has 0 spiro atoms. The Labute approximate surface area is 74.8 Å². The topological polar surface area (TPSA) is 134 Å². The Morgan fingerprint density at radius 2 is 2.08 bits per heavy atom. The van der Waals surface area contributed by atoms with Gasteiger partial charge in [0.05, 0.1) is 0 Å². The van der Waals surface area contributed by atoms with Crippen molar-refractivity contribution < 1.29 is 14.7 Å². The molecule has 0 fully saturated rings. The zero-order valence-electron chi connectivity index (χ0n) is 6.99. The van der Waals surface area contributed by atoms with Gasteiger partial charge >= 0.3 is 12.1 Å². The fourth-order valence-electron chi connectivity index (χ4n) is 0.583. The summed E-state index contributed by atoms with van der Waals surface area (Å²) in [4.78, 5) is 20.3. The quantitative estimate of drug-likeness (QED) is 0.154. The predicted molar refractivity (Wildman–Crippen MR) is 44.3 cm³/mol. The molecule has 7 N–H and O–H groups in total. The van der Waals surface area contributed by atoms with Crippen LogP contribution in [0.25, 0.3) is 0 Å². The van der Waals surface area contributed by atoms with Gasteiger partial charge in [0.15, 0.2) is 0 Å². The average Bonchev–Trinajstić information content (AvgIpc) is 2.02. The van der Waals surface area contributed by atoms with Crippen LogP contribution in [0.3, 0.4) is 0 Å². The molecule has 0 heterocycles. The van der Waals surface area contributed by atoms with Gasteiger partial charge in [0.1, 0.15) is 0 Å². The Kier molecular flexibility index (Phi) is 5.32. The first-order valence-corrected chi connectivity index (χ1v) is 3.57. The van der Waals surface area contributed by atoms with Gasteiger partial charge in [-0.15, -0.1) is 0 Å². The highest BCUT2D eigenvalue weighted by Crippen LogP contribution is 1.82. The Morgan fingerprint density at radius 1 is 1.46 bits per heavy atom. The molecule has 0 aromatic heterocycles. The van der Waals surface area contributed by atoms with Crippen LogP contribution in [0, 0.1) is 0 Å².